The maximum Gasteiger partial charge on any atom is 0.0888 e. The zero-order valence-corrected chi connectivity index (χ0v) is 11.3. The highest BCUT2D eigenvalue weighted by atomic mass is 79.9. The first-order valence-electron chi connectivity index (χ1n) is 4.78. The average molecular weight is 298 g/mol. The van der Waals surface area contributed by atoms with Crippen LogP contribution in [0.15, 0.2) is 9.85 Å². The van der Waals surface area contributed by atoms with Crippen LogP contribution in [0.5, 0.6) is 0 Å². The molecule has 0 amide bonds. The van der Waals surface area contributed by atoms with Crippen molar-refractivity contribution in [3.05, 3.63) is 19.8 Å². The summed E-state index contributed by atoms with van der Waals surface area (Å²) in [4.78, 5) is 0.956. The van der Waals surface area contributed by atoms with Crippen molar-refractivity contribution in [3.8, 4) is 0 Å². The van der Waals surface area contributed by atoms with E-state index in [1.165, 1.54) is 24.2 Å². The van der Waals surface area contributed by atoms with Crippen LogP contribution < -0.4 is 0 Å². The number of rotatable bonds is 5. The predicted octanol–water partition coefficient (Wildman–Crippen LogP) is 4.78. The van der Waals surface area contributed by atoms with Crippen LogP contribution in [0.25, 0.3) is 0 Å². The minimum atomic E-state index is -0.352. The number of hydrogen-bond donors (Lipinski definition) is 1. The van der Waals surface area contributed by atoms with Gasteiger partial charge in [0.25, 0.3) is 0 Å². The van der Waals surface area contributed by atoms with Crippen LogP contribution in [0.1, 0.15) is 43.6 Å². The summed E-state index contributed by atoms with van der Waals surface area (Å²) in [7, 11) is 0. The summed E-state index contributed by atoms with van der Waals surface area (Å²) in [6, 6.07) is 1.84. The molecule has 0 aliphatic rings. The lowest BCUT2D eigenvalue weighted by Crippen LogP contribution is -1.93. The molecule has 1 heterocycles. The van der Waals surface area contributed by atoms with Crippen molar-refractivity contribution >= 4 is 38.9 Å². The molecule has 0 spiro atoms. The van der Waals surface area contributed by atoms with Crippen LogP contribution in [-0.4, -0.2) is 5.11 Å². The molecule has 0 bridgehead atoms. The molecule has 1 nitrogen and oxygen atoms in total. The fourth-order valence-corrected chi connectivity index (χ4v) is 3.02. The van der Waals surface area contributed by atoms with Gasteiger partial charge in [-0.2, -0.15) is 0 Å². The maximum absolute atomic E-state index is 9.82. The maximum atomic E-state index is 9.82. The summed E-state index contributed by atoms with van der Waals surface area (Å²) in [6.45, 7) is 2.16. The Morgan fingerprint density at radius 2 is 2.29 bits per heavy atom. The third kappa shape index (κ3) is 3.54. The molecule has 0 fully saturated rings. The number of aliphatic hydroxyl groups excluding tert-OH is 1. The van der Waals surface area contributed by atoms with E-state index >= 15 is 0 Å². The molecule has 80 valence electrons. The Hall–Kier alpha value is 0.430. The van der Waals surface area contributed by atoms with Crippen molar-refractivity contribution < 1.29 is 5.11 Å². The summed E-state index contributed by atoms with van der Waals surface area (Å²) in [5.41, 5.74) is 0. The van der Waals surface area contributed by atoms with Gasteiger partial charge in [0.1, 0.15) is 0 Å². The topological polar surface area (TPSA) is 20.2 Å². The highest BCUT2D eigenvalue weighted by molar-refractivity contribution is 9.11. The summed E-state index contributed by atoms with van der Waals surface area (Å²) >= 11 is 10.7. The molecule has 1 aromatic heterocycles. The normalized spacial score (nSPS) is 13.1. The SMILES string of the molecule is CCCCCC(O)c1cc(Cl)c(Br)s1. The average Bonchev–Trinajstić information content (AvgIpc) is 2.47. The standard InChI is InChI=1S/C10H14BrClOS/c1-2-3-4-5-8(13)9-6-7(12)10(11)14-9/h6,8,13H,2-5H2,1H3. The number of hydrogen-bond acceptors (Lipinski definition) is 2. The molecule has 1 N–H and O–H groups in total. The van der Waals surface area contributed by atoms with Gasteiger partial charge in [0, 0.05) is 4.88 Å². The van der Waals surface area contributed by atoms with Crippen molar-refractivity contribution in [2.45, 2.75) is 38.7 Å². The molecule has 0 aromatic carbocycles. The second-order valence-corrected chi connectivity index (χ2v) is 6.09. The van der Waals surface area contributed by atoms with Gasteiger partial charge in [0.05, 0.1) is 14.9 Å². The van der Waals surface area contributed by atoms with Gasteiger partial charge in [0.2, 0.25) is 0 Å². The molecular formula is C10H14BrClOS. The quantitative estimate of drug-likeness (QED) is 0.776. The Morgan fingerprint density at radius 1 is 1.57 bits per heavy atom. The van der Waals surface area contributed by atoms with Crippen molar-refractivity contribution in [2.24, 2.45) is 0 Å². The van der Waals surface area contributed by atoms with Gasteiger partial charge >= 0.3 is 0 Å². The zero-order valence-electron chi connectivity index (χ0n) is 8.09. The molecule has 4 heteroatoms. The Balaban J connectivity index is 2.47. The number of unbranched alkanes of at least 4 members (excludes halogenated alkanes) is 2. The molecule has 1 unspecified atom stereocenters. The minimum Gasteiger partial charge on any atom is -0.388 e. The lowest BCUT2D eigenvalue weighted by molar-refractivity contribution is 0.167. The van der Waals surface area contributed by atoms with E-state index in [-0.39, 0.29) is 6.10 Å². The largest absolute Gasteiger partial charge is 0.388 e. The molecule has 0 saturated carbocycles. The fourth-order valence-electron chi connectivity index (χ4n) is 1.26. The van der Waals surface area contributed by atoms with E-state index in [9.17, 15) is 5.11 Å². The van der Waals surface area contributed by atoms with Gasteiger partial charge < -0.3 is 5.11 Å². The van der Waals surface area contributed by atoms with Gasteiger partial charge in [-0.15, -0.1) is 11.3 Å². The van der Waals surface area contributed by atoms with Crippen molar-refractivity contribution in [2.75, 3.05) is 0 Å². The van der Waals surface area contributed by atoms with Crippen LogP contribution in [0.2, 0.25) is 5.02 Å². The zero-order chi connectivity index (χ0) is 10.6. The van der Waals surface area contributed by atoms with Gasteiger partial charge in [-0.25, -0.2) is 0 Å². The summed E-state index contributed by atoms with van der Waals surface area (Å²) < 4.78 is 0.906. The number of halogens is 2. The summed E-state index contributed by atoms with van der Waals surface area (Å²) in [5.74, 6) is 0. The Kier molecular flexibility index (Phi) is 5.45. The third-order valence-electron chi connectivity index (χ3n) is 2.07. The molecule has 1 aromatic rings. The molecular weight excluding hydrogens is 284 g/mol. The van der Waals surface area contributed by atoms with E-state index in [0.29, 0.717) is 5.02 Å². The predicted molar refractivity (Wildman–Crippen MR) is 66.1 cm³/mol. The lowest BCUT2D eigenvalue weighted by atomic mass is 10.1. The Morgan fingerprint density at radius 3 is 2.79 bits per heavy atom. The molecule has 1 atom stereocenters. The minimum absolute atomic E-state index is 0.352. The second kappa shape index (κ2) is 6.11. The van der Waals surface area contributed by atoms with E-state index in [1.54, 1.807) is 0 Å². The van der Waals surface area contributed by atoms with Crippen LogP contribution in [0, 0.1) is 0 Å². The summed E-state index contributed by atoms with van der Waals surface area (Å²) in [5, 5.41) is 10.5. The first-order valence-corrected chi connectivity index (χ1v) is 6.76. The van der Waals surface area contributed by atoms with Gasteiger partial charge in [-0.3, -0.25) is 0 Å². The fraction of sp³-hybridized carbons (Fsp3) is 0.600. The first kappa shape index (κ1) is 12.5. The van der Waals surface area contributed by atoms with Crippen LogP contribution in [-0.2, 0) is 0 Å². The van der Waals surface area contributed by atoms with Crippen LogP contribution in [0.4, 0.5) is 0 Å². The van der Waals surface area contributed by atoms with Crippen LogP contribution in [0.3, 0.4) is 0 Å². The van der Waals surface area contributed by atoms with E-state index in [1.807, 2.05) is 6.07 Å². The van der Waals surface area contributed by atoms with Crippen molar-refractivity contribution in [3.63, 3.8) is 0 Å². The first-order chi connectivity index (χ1) is 6.65. The number of aliphatic hydroxyl groups is 1. The Bertz CT molecular complexity index is 268. The molecule has 0 saturated heterocycles. The van der Waals surface area contributed by atoms with Crippen molar-refractivity contribution in [1.29, 1.82) is 0 Å². The van der Waals surface area contributed by atoms with E-state index < -0.39 is 0 Å². The molecule has 0 aliphatic carbocycles. The highest BCUT2D eigenvalue weighted by Gasteiger charge is 2.12. The smallest absolute Gasteiger partial charge is 0.0888 e. The van der Waals surface area contributed by atoms with E-state index in [4.69, 9.17) is 11.6 Å². The van der Waals surface area contributed by atoms with Gasteiger partial charge in [-0.05, 0) is 28.4 Å². The Labute approximate surface area is 102 Å². The van der Waals surface area contributed by atoms with E-state index in [0.717, 1.165) is 21.5 Å². The monoisotopic (exact) mass is 296 g/mol. The van der Waals surface area contributed by atoms with Gasteiger partial charge in [-0.1, -0.05) is 37.8 Å². The van der Waals surface area contributed by atoms with E-state index in [2.05, 4.69) is 22.9 Å². The summed E-state index contributed by atoms with van der Waals surface area (Å²) in [6.07, 6.45) is 3.91. The molecule has 0 radical (unpaired) electrons. The van der Waals surface area contributed by atoms with Crippen molar-refractivity contribution in [1.82, 2.24) is 0 Å². The van der Waals surface area contributed by atoms with Gasteiger partial charge in [0.15, 0.2) is 0 Å². The van der Waals surface area contributed by atoms with Crippen LogP contribution >= 0.6 is 38.9 Å². The molecule has 14 heavy (non-hydrogen) atoms. The third-order valence-corrected chi connectivity index (χ3v) is 4.65. The molecule has 1 rings (SSSR count). The molecule has 0 aliphatic heterocycles. The lowest BCUT2D eigenvalue weighted by Gasteiger charge is -2.06. The number of thiophene rings is 1. The highest BCUT2D eigenvalue weighted by Crippen LogP contribution is 2.36. The second-order valence-electron chi connectivity index (χ2n) is 3.28.